The third-order valence-corrected chi connectivity index (χ3v) is 4.16. The van der Waals surface area contributed by atoms with Crippen molar-refractivity contribution in [3.63, 3.8) is 0 Å². The van der Waals surface area contributed by atoms with Crippen LogP contribution in [0.3, 0.4) is 0 Å². The molecule has 8 heteroatoms. The fourth-order valence-electron chi connectivity index (χ4n) is 2.57. The number of benzene rings is 2. The molecule has 8 nitrogen and oxygen atoms in total. The lowest BCUT2D eigenvalue weighted by Gasteiger charge is -2.08. The number of nitrogens with one attached hydrogen (secondary N) is 2. The van der Waals surface area contributed by atoms with Crippen LogP contribution in [-0.4, -0.2) is 37.0 Å². The van der Waals surface area contributed by atoms with Crippen molar-refractivity contribution < 1.29 is 28.7 Å². The average Bonchev–Trinajstić information content (AvgIpc) is 2.74. The monoisotopic (exact) mass is 426 g/mol. The van der Waals surface area contributed by atoms with E-state index in [1.54, 1.807) is 43.3 Å². The predicted molar refractivity (Wildman–Crippen MR) is 116 cm³/mol. The van der Waals surface area contributed by atoms with Crippen molar-refractivity contribution in [2.45, 2.75) is 33.1 Å². The van der Waals surface area contributed by atoms with E-state index in [1.807, 2.05) is 19.1 Å². The molecule has 2 amide bonds. The standard InChI is InChI=1S/C23H26N2O6/c1-3-30-23(29)17-9-13-19(14-10-17)24-20(26)5-4-6-22(28)31-15-21(27)25-18-11-7-16(2)8-12-18/h7-14H,3-6,15H2,1-2H3,(H,24,26)(H,25,27). The molecule has 0 aliphatic rings. The molecule has 0 aromatic heterocycles. The molecule has 0 atom stereocenters. The lowest BCUT2D eigenvalue weighted by Crippen LogP contribution is -2.21. The number of carbonyl (C=O) groups is 4. The van der Waals surface area contributed by atoms with Crippen LogP contribution in [0.25, 0.3) is 0 Å². The van der Waals surface area contributed by atoms with Crippen LogP contribution in [0, 0.1) is 6.92 Å². The molecule has 0 radical (unpaired) electrons. The maximum absolute atomic E-state index is 12.0. The molecule has 2 aromatic carbocycles. The zero-order valence-electron chi connectivity index (χ0n) is 17.6. The Balaban J connectivity index is 1.63. The Morgan fingerprint density at radius 3 is 1.97 bits per heavy atom. The third kappa shape index (κ3) is 8.69. The second-order valence-electron chi connectivity index (χ2n) is 6.77. The summed E-state index contributed by atoms with van der Waals surface area (Å²) in [5, 5.41) is 5.32. The Morgan fingerprint density at radius 2 is 1.35 bits per heavy atom. The van der Waals surface area contributed by atoms with Gasteiger partial charge in [0.05, 0.1) is 12.2 Å². The van der Waals surface area contributed by atoms with Gasteiger partial charge >= 0.3 is 11.9 Å². The second kappa shape index (κ2) is 12.1. The van der Waals surface area contributed by atoms with E-state index in [0.717, 1.165) is 5.56 Å². The van der Waals surface area contributed by atoms with Gasteiger partial charge in [0.25, 0.3) is 5.91 Å². The van der Waals surface area contributed by atoms with Crippen LogP contribution in [-0.2, 0) is 23.9 Å². The summed E-state index contributed by atoms with van der Waals surface area (Å²) in [5.74, 6) is -1.67. The zero-order valence-corrected chi connectivity index (χ0v) is 17.6. The van der Waals surface area contributed by atoms with Gasteiger partial charge in [0.2, 0.25) is 5.91 Å². The molecule has 0 fully saturated rings. The highest BCUT2D eigenvalue weighted by atomic mass is 16.5. The molecule has 2 N–H and O–H groups in total. The SMILES string of the molecule is CCOC(=O)c1ccc(NC(=O)CCCC(=O)OCC(=O)Nc2ccc(C)cc2)cc1. The highest BCUT2D eigenvalue weighted by Gasteiger charge is 2.10. The summed E-state index contributed by atoms with van der Waals surface area (Å²) < 4.78 is 9.83. The molecule has 164 valence electrons. The molecular weight excluding hydrogens is 400 g/mol. The Labute approximate surface area is 180 Å². The summed E-state index contributed by atoms with van der Waals surface area (Å²) in [6.07, 6.45) is 0.419. The number of hydrogen-bond donors (Lipinski definition) is 2. The van der Waals surface area contributed by atoms with Crippen molar-refractivity contribution in [1.29, 1.82) is 0 Å². The van der Waals surface area contributed by atoms with E-state index in [2.05, 4.69) is 10.6 Å². The highest BCUT2D eigenvalue weighted by molar-refractivity contribution is 5.94. The van der Waals surface area contributed by atoms with Crippen molar-refractivity contribution >= 4 is 35.1 Å². The number of ether oxygens (including phenoxy) is 2. The van der Waals surface area contributed by atoms with Gasteiger partial charge in [0, 0.05) is 24.2 Å². The number of aryl methyl sites for hydroxylation is 1. The smallest absolute Gasteiger partial charge is 0.338 e. The van der Waals surface area contributed by atoms with Gasteiger partial charge in [-0.2, -0.15) is 0 Å². The van der Waals surface area contributed by atoms with Gasteiger partial charge in [0.15, 0.2) is 6.61 Å². The van der Waals surface area contributed by atoms with Gasteiger partial charge < -0.3 is 20.1 Å². The fraction of sp³-hybridized carbons (Fsp3) is 0.304. The molecule has 0 spiro atoms. The van der Waals surface area contributed by atoms with E-state index in [0.29, 0.717) is 16.9 Å². The first-order chi connectivity index (χ1) is 14.9. The quantitative estimate of drug-likeness (QED) is 0.563. The molecule has 0 aliphatic carbocycles. The molecule has 0 saturated heterocycles. The topological polar surface area (TPSA) is 111 Å². The van der Waals surface area contributed by atoms with E-state index in [9.17, 15) is 19.2 Å². The van der Waals surface area contributed by atoms with E-state index >= 15 is 0 Å². The van der Waals surface area contributed by atoms with Crippen LogP contribution in [0.2, 0.25) is 0 Å². The van der Waals surface area contributed by atoms with Gasteiger partial charge in [-0.05, 0) is 56.7 Å². The van der Waals surface area contributed by atoms with Crippen molar-refractivity contribution in [2.75, 3.05) is 23.8 Å². The predicted octanol–water partition coefficient (Wildman–Crippen LogP) is 3.46. The summed E-state index contributed by atoms with van der Waals surface area (Å²) in [7, 11) is 0. The van der Waals surface area contributed by atoms with Crippen LogP contribution in [0.5, 0.6) is 0 Å². The summed E-state index contributed by atoms with van der Waals surface area (Å²) >= 11 is 0. The minimum Gasteiger partial charge on any atom is -0.462 e. The van der Waals surface area contributed by atoms with E-state index < -0.39 is 17.8 Å². The number of hydrogen-bond acceptors (Lipinski definition) is 6. The van der Waals surface area contributed by atoms with Crippen molar-refractivity contribution in [2.24, 2.45) is 0 Å². The molecular formula is C23H26N2O6. The fourth-order valence-corrected chi connectivity index (χ4v) is 2.57. The molecule has 0 bridgehead atoms. The molecule has 0 saturated carbocycles. The molecule has 0 aliphatic heterocycles. The number of carbonyl (C=O) groups excluding carboxylic acids is 4. The molecule has 0 unspecified atom stereocenters. The van der Waals surface area contributed by atoms with E-state index in [1.165, 1.54) is 0 Å². The zero-order chi connectivity index (χ0) is 22.6. The summed E-state index contributed by atoms with van der Waals surface area (Å²) in [6, 6.07) is 13.6. The molecule has 0 heterocycles. The highest BCUT2D eigenvalue weighted by Crippen LogP contribution is 2.12. The van der Waals surface area contributed by atoms with E-state index in [4.69, 9.17) is 9.47 Å². The maximum Gasteiger partial charge on any atom is 0.338 e. The Hall–Kier alpha value is -3.68. The second-order valence-corrected chi connectivity index (χ2v) is 6.77. The van der Waals surface area contributed by atoms with Crippen molar-refractivity contribution in [1.82, 2.24) is 0 Å². The largest absolute Gasteiger partial charge is 0.462 e. The van der Waals surface area contributed by atoms with Gasteiger partial charge in [-0.25, -0.2) is 4.79 Å². The maximum atomic E-state index is 12.0. The lowest BCUT2D eigenvalue weighted by atomic mass is 10.2. The number of amides is 2. The number of anilines is 2. The first kappa shape index (κ1) is 23.6. The first-order valence-corrected chi connectivity index (χ1v) is 9.96. The van der Waals surface area contributed by atoms with Crippen LogP contribution < -0.4 is 10.6 Å². The Kier molecular flexibility index (Phi) is 9.22. The molecule has 31 heavy (non-hydrogen) atoms. The van der Waals surface area contributed by atoms with Gasteiger partial charge in [-0.1, -0.05) is 17.7 Å². The summed E-state index contributed by atoms with van der Waals surface area (Å²) in [6.45, 7) is 3.57. The van der Waals surface area contributed by atoms with Gasteiger partial charge in [-0.3, -0.25) is 14.4 Å². The summed E-state index contributed by atoms with van der Waals surface area (Å²) in [5.41, 5.74) is 2.63. The van der Waals surface area contributed by atoms with Crippen LogP contribution in [0.15, 0.2) is 48.5 Å². The number of rotatable bonds is 10. The van der Waals surface area contributed by atoms with Gasteiger partial charge in [0.1, 0.15) is 0 Å². The summed E-state index contributed by atoms with van der Waals surface area (Å²) in [4.78, 5) is 47.2. The van der Waals surface area contributed by atoms with Gasteiger partial charge in [-0.15, -0.1) is 0 Å². The average molecular weight is 426 g/mol. The van der Waals surface area contributed by atoms with Crippen molar-refractivity contribution in [3.8, 4) is 0 Å². The molecule has 2 rings (SSSR count). The normalized spacial score (nSPS) is 10.1. The Bertz CT molecular complexity index is 907. The van der Waals surface area contributed by atoms with E-state index in [-0.39, 0.29) is 38.4 Å². The molecule has 2 aromatic rings. The van der Waals surface area contributed by atoms with Crippen LogP contribution in [0.1, 0.15) is 42.1 Å². The van der Waals surface area contributed by atoms with Crippen LogP contribution >= 0.6 is 0 Å². The lowest BCUT2D eigenvalue weighted by molar-refractivity contribution is -0.147. The Morgan fingerprint density at radius 1 is 0.774 bits per heavy atom. The van der Waals surface area contributed by atoms with Crippen LogP contribution in [0.4, 0.5) is 11.4 Å². The minimum absolute atomic E-state index is 0.0209. The minimum atomic E-state index is -0.550. The number of esters is 2. The first-order valence-electron chi connectivity index (χ1n) is 9.96. The third-order valence-electron chi connectivity index (χ3n) is 4.16. The van der Waals surface area contributed by atoms with Crippen molar-refractivity contribution in [3.05, 3.63) is 59.7 Å².